The van der Waals surface area contributed by atoms with E-state index < -0.39 is 5.97 Å². The lowest BCUT2D eigenvalue weighted by Crippen LogP contribution is -2.25. The van der Waals surface area contributed by atoms with E-state index in [4.69, 9.17) is 14.6 Å². The first kappa shape index (κ1) is 17.3. The van der Waals surface area contributed by atoms with Crippen LogP contribution in [-0.2, 0) is 20.9 Å². The number of amides is 1. The number of benzene rings is 1. The predicted molar refractivity (Wildman–Crippen MR) is 84.2 cm³/mol. The fourth-order valence-electron chi connectivity index (χ4n) is 2.28. The van der Waals surface area contributed by atoms with Gasteiger partial charge < -0.3 is 19.9 Å². The second kappa shape index (κ2) is 8.53. The molecule has 2 unspecified atom stereocenters. The van der Waals surface area contributed by atoms with Crippen LogP contribution in [0.2, 0.25) is 0 Å². The number of carbonyl (C=O) groups is 2. The molecule has 2 rings (SSSR count). The van der Waals surface area contributed by atoms with Gasteiger partial charge in [-0.3, -0.25) is 9.59 Å². The zero-order valence-electron chi connectivity index (χ0n) is 13.3. The Kier molecular flexibility index (Phi) is 6.40. The Morgan fingerprint density at radius 1 is 1.30 bits per heavy atom. The highest BCUT2D eigenvalue weighted by atomic mass is 16.5. The smallest absolute Gasteiger partial charge is 0.303 e. The van der Waals surface area contributed by atoms with Gasteiger partial charge in [-0.05, 0) is 37.5 Å². The van der Waals surface area contributed by atoms with E-state index in [1.165, 1.54) is 0 Å². The van der Waals surface area contributed by atoms with Crippen LogP contribution in [0.4, 0.5) is 0 Å². The molecule has 0 spiro atoms. The number of hydrogen-bond acceptors (Lipinski definition) is 4. The van der Waals surface area contributed by atoms with Crippen LogP contribution in [0.3, 0.4) is 0 Å². The molecule has 0 saturated heterocycles. The Morgan fingerprint density at radius 2 is 2.04 bits per heavy atom. The number of carboxylic acids is 1. The van der Waals surface area contributed by atoms with Gasteiger partial charge >= 0.3 is 5.97 Å². The van der Waals surface area contributed by atoms with Crippen molar-refractivity contribution in [2.75, 3.05) is 13.2 Å². The highest BCUT2D eigenvalue weighted by Crippen LogP contribution is 2.33. The minimum absolute atomic E-state index is 0.00760. The summed E-state index contributed by atoms with van der Waals surface area (Å²) in [7, 11) is 0. The molecule has 1 aromatic rings. The number of aliphatic carboxylic acids is 1. The third-order valence-corrected chi connectivity index (χ3v) is 3.64. The molecule has 0 aromatic heterocycles. The van der Waals surface area contributed by atoms with Crippen LogP contribution in [0.5, 0.6) is 5.75 Å². The molecule has 1 aliphatic carbocycles. The van der Waals surface area contributed by atoms with E-state index in [1.54, 1.807) is 0 Å². The van der Waals surface area contributed by atoms with Gasteiger partial charge in [-0.25, -0.2) is 0 Å². The van der Waals surface area contributed by atoms with Crippen LogP contribution in [-0.4, -0.2) is 36.3 Å². The van der Waals surface area contributed by atoms with E-state index in [-0.39, 0.29) is 24.3 Å². The van der Waals surface area contributed by atoms with E-state index >= 15 is 0 Å². The molecular formula is C17H23NO5. The van der Waals surface area contributed by atoms with Crippen molar-refractivity contribution < 1.29 is 24.2 Å². The number of carboxylic acid groups (broad SMARTS) is 1. The van der Waals surface area contributed by atoms with Crippen molar-refractivity contribution in [2.45, 2.75) is 38.8 Å². The molecule has 1 amide bonds. The standard InChI is InChI=1S/C17H23NO5/c1-2-22-15-10-14(15)17(21)18-11-12-5-7-13(8-6-12)23-9-3-4-16(19)20/h5-8,14-15H,2-4,9-11H2,1H3,(H,18,21)(H,19,20). The summed E-state index contributed by atoms with van der Waals surface area (Å²) in [5.74, 6) is -0.0877. The molecule has 0 bridgehead atoms. The Hall–Kier alpha value is -2.08. The Labute approximate surface area is 135 Å². The average Bonchev–Trinajstić information content (AvgIpc) is 3.30. The van der Waals surface area contributed by atoms with Crippen LogP contribution in [0.15, 0.2) is 24.3 Å². The van der Waals surface area contributed by atoms with Crippen LogP contribution in [0.1, 0.15) is 31.7 Å². The Bertz CT molecular complexity index is 528. The summed E-state index contributed by atoms with van der Waals surface area (Å²) < 4.78 is 10.9. The van der Waals surface area contributed by atoms with Gasteiger partial charge in [0.1, 0.15) is 5.75 Å². The first-order valence-corrected chi connectivity index (χ1v) is 7.93. The van der Waals surface area contributed by atoms with E-state index in [0.717, 1.165) is 12.0 Å². The van der Waals surface area contributed by atoms with Crippen LogP contribution < -0.4 is 10.1 Å². The highest BCUT2D eigenvalue weighted by molar-refractivity contribution is 5.82. The average molecular weight is 321 g/mol. The number of carbonyl (C=O) groups excluding carboxylic acids is 1. The van der Waals surface area contributed by atoms with Gasteiger partial charge in [0.25, 0.3) is 0 Å². The largest absolute Gasteiger partial charge is 0.494 e. The molecule has 2 N–H and O–H groups in total. The van der Waals surface area contributed by atoms with Crippen molar-refractivity contribution in [2.24, 2.45) is 5.92 Å². The third-order valence-electron chi connectivity index (χ3n) is 3.64. The lowest BCUT2D eigenvalue weighted by Gasteiger charge is -2.08. The molecule has 1 fully saturated rings. The summed E-state index contributed by atoms with van der Waals surface area (Å²) in [6, 6.07) is 7.42. The first-order chi connectivity index (χ1) is 11.1. The van der Waals surface area contributed by atoms with Crippen molar-refractivity contribution in [3.63, 3.8) is 0 Å². The zero-order valence-corrected chi connectivity index (χ0v) is 13.3. The molecule has 1 saturated carbocycles. The lowest BCUT2D eigenvalue weighted by atomic mass is 10.2. The van der Waals surface area contributed by atoms with Crippen molar-refractivity contribution in [3.8, 4) is 5.75 Å². The second-order valence-corrected chi connectivity index (χ2v) is 5.54. The van der Waals surface area contributed by atoms with Crippen molar-refractivity contribution in [3.05, 3.63) is 29.8 Å². The topological polar surface area (TPSA) is 84.9 Å². The van der Waals surface area contributed by atoms with Gasteiger partial charge in [0.15, 0.2) is 0 Å². The quantitative estimate of drug-likeness (QED) is 0.644. The van der Waals surface area contributed by atoms with Gasteiger partial charge in [0.05, 0.1) is 18.6 Å². The summed E-state index contributed by atoms with van der Waals surface area (Å²) in [5, 5.41) is 11.5. The summed E-state index contributed by atoms with van der Waals surface area (Å²) in [4.78, 5) is 22.3. The van der Waals surface area contributed by atoms with Crippen molar-refractivity contribution in [1.29, 1.82) is 0 Å². The maximum atomic E-state index is 11.9. The van der Waals surface area contributed by atoms with E-state index in [9.17, 15) is 9.59 Å². The van der Waals surface area contributed by atoms with Crippen LogP contribution in [0, 0.1) is 5.92 Å². The maximum Gasteiger partial charge on any atom is 0.303 e. The SMILES string of the molecule is CCOC1CC1C(=O)NCc1ccc(OCCCC(=O)O)cc1. The van der Waals surface area contributed by atoms with Crippen molar-refractivity contribution in [1.82, 2.24) is 5.32 Å². The fraction of sp³-hybridized carbons (Fsp3) is 0.529. The van der Waals surface area contributed by atoms with Gasteiger partial charge in [0.2, 0.25) is 5.91 Å². The third kappa shape index (κ3) is 5.90. The van der Waals surface area contributed by atoms with Crippen LogP contribution >= 0.6 is 0 Å². The maximum absolute atomic E-state index is 11.9. The monoisotopic (exact) mass is 321 g/mol. The van der Waals surface area contributed by atoms with E-state index in [0.29, 0.717) is 31.9 Å². The molecule has 2 atom stereocenters. The summed E-state index contributed by atoms with van der Waals surface area (Å²) in [6.45, 7) is 3.43. The Morgan fingerprint density at radius 3 is 2.70 bits per heavy atom. The molecule has 1 aromatic carbocycles. The molecule has 0 heterocycles. The summed E-state index contributed by atoms with van der Waals surface area (Å²) in [6.07, 6.45) is 1.48. The first-order valence-electron chi connectivity index (χ1n) is 7.93. The zero-order chi connectivity index (χ0) is 16.7. The molecule has 6 heteroatoms. The van der Waals surface area contributed by atoms with Crippen LogP contribution in [0.25, 0.3) is 0 Å². The minimum atomic E-state index is -0.818. The number of rotatable bonds is 10. The highest BCUT2D eigenvalue weighted by Gasteiger charge is 2.43. The molecule has 126 valence electrons. The number of nitrogens with one attached hydrogen (secondary N) is 1. The van der Waals surface area contributed by atoms with Gasteiger partial charge in [-0.15, -0.1) is 0 Å². The molecular weight excluding hydrogens is 298 g/mol. The minimum Gasteiger partial charge on any atom is -0.494 e. The fourth-order valence-corrected chi connectivity index (χ4v) is 2.28. The van der Waals surface area contributed by atoms with E-state index in [2.05, 4.69) is 5.32 Å². The molecule has 0 radical (unpaired) electrons. The molecule has 23 heavy (non-hydrogen) atoms. The van der Waals surface area contributed by atoms with E-state index in [1.807, 2.05) is 31.2 Å². The summed E-state index contributed by atoms with van der Waals surface area (Å²) >= 11 is 0. The second-order valence-electron chi connectivity index (χ2n) is 5.54. The number of hydrogen-bond donors (Lipinski definition) is 2. The normalized spacial score (nSPS) is 19.2. The Balaban J connectivity index is 1.66. The van der Waals surface area contributed by atoms with Gasteiger partial charge in [-0.2, -0.15) is 0 Å². The molecule has 0 aliphatic heterocycles. The number of ether oxygens (including phenoxy) is 2. The summed E-state index contributed by atoms with van der Waals surface area (Å²) in [5.41, 5.74) is 0.991. The van der Waals surface area contributed by atoms with Gasteiger partial charge in [-0.1, -0.05) is 12.1 Å². The predicted octanol–water partition coefficient (Wildman–Crippen LogP) is 1.97. The van der Waals surface area contributed by atoms with Crippen molar-refractivity contribution >= 4 is 11.9 Å². The lowest BCUT2D eigenvalue weighted by molar-refractivity contribution is -0.137. The van der Waals surface area contributed by atoms with Gasteiger partial charge in [0, 0.05) is 19.6 Å². The molecule has 6 nitrogen and oxygen atoms in total. The molecule has 1 aliphatic rings.